The molecule has 53 heavy (non-hydrogen) atoms. The summed E-state index contributed by atoms with van der Waals surface area (Å²) in [7, 11) is 7.08. The van der Waals surface area contributed by atoms with Crippen molar-refractivity contribution in [2.45, 2.75) is 143 Å². The summed E-state index contributed by atoms with van der Waals surface area (Å²) >= 11 is 0. The molecule has 2 amide bonds. The number of carbonyl (C=O) groups is 3. The number of nitrogens with one attached hydrogen (secondary N) is 2. The maximum absolute atomic E-state index is 13.4. The normalized spacial score (nSPS) is 20.2. The number of aliphatic carboxylic acids is 1. The third-order valence-corrected chi connectivity index (χ3v) is 11.1. The minimum absolute atomic E-state index is 0.0208. The number of carboxylic acid groups (broad SMARTS) is 1. The van der Waals surface area contributed by atoms with Crippen LogP contribution in [0.15, 0.2) is 36.6 Å². The highest BCUT2D eigenvalue weighted by molar-refractivity contribution is 5.85. The highest BCUT2D eigenvalue weighted by Gasteiger charge is 2.42. The van der Waals surface area contributed by atoms with Crippen LogP contribution in [-0.2, 0) is 23.9 Å². The Bertz CT molecular complexity index is 1160. The third kappa shape index (κ3) is 15.5. The number of hydrogen-bond acceptors (Lipinski definition) is 9. The van der Waals surface area contributed by atoms with E-state index < -0.39 is 36.2 Å². The minimum atomic E-state index is -1.10. The van der Waals surface area contributed by atoms with Gasteiger partial charge >= 0.3 is 5.97 Å². The first-order valence-electron chi connectivity index (χ1n) is 19.5. The summed E-state index contributed by atoms with van der Waals surface area (Å²) in [4.78, 5) is 40.2. The number of aliphatic hydroxyl groups is 1. The van der Waals surface area contributed by atoms with Gasteiger partial charge in [0.05, 0.1) is 30.2 Å². The number of primary amides is 1. The standard InChI is InChI=1S/C35H63N3O6.C6H14N2O/c1-13-17-27(15-3)20-28(35(41)42)36-34(40)25(8)33(44-12)29-18-16-19-38(29)31(39)21-30(43-11)32(23(6)14-2)37(10)26(9)24(7)22(4)5;1-4(2)5(8-3)6(7)9/h15,17,22-25,28-33,39H,3,9,13-14,16,18-21H2,1-2,4-8,10-12H3,(H,36,40)(H,41,42);4-5,8H,1-3H3,(H2,7,9)/b27-17+;. The Morgan fingerprint density at radius 3 is 2.04 bits per heavy atom. The van der Waals surface area contributed by atoms with Crippen LogP contribution in [0.3, 0.4) is 0 Å². The number of hydrogen-bond donors (Lipinski definition) is 5. The second-order valence-electron chi connectivity index (χ2n) is 15.3. The molecule has 1 saturated heterocycles. The second kappa shape index (κ2) is 25.3. The fourth-order valence-corrected chi connectivity index (χ4v) is 7.29. The predicted octanol–water partition coefficient (Wildman–Crippen LogP) is 5.18. The van der Waals surface area contributed by atoms with Gasteiger partial charge < -0.3 is 41.0 Å². The minimum Gasteiger partial charge on any atom is -0.480 e. The Balaban J connectivity index is 0.00000264. The Kier molecular flexibility index (Phi) is 24.0. The number of ether oxygens (including phenoxy) is 2. The lowest BCUT2D eigenvalue weighted by Gasteiger charge is -2.44. The molecule has 12 nitrogen and oxygen atoms in total. The van der Waals surface area contributed by atoms with E-state index in [1.807, 2.05) is 31.7 Å². The van der Waals surface area contributed by atoms with Crippen LogP contribution in [0.2, 0.25) is 0 Å². The first kappa shape index (κ1) is 50.2. The van der Waals surface area contributed by atoms with Crippen molar-refractivity contribution in [3.63, 3.8) is 0 Å². The smallest absolute Gasteiger partial charge is 0.326 e. The first-order valence-corrected chi connectivity index (χ1v) is 19.5. The molecular weight excluding hydrogens is 674 g/mol. The van der Waals surface area contributed by atoms with E-state index in [1.165, 1.54) is 0 Å². The monoisotopic (exact) mass is 752 g/mol. The molecule has 10 atom stereocenters. The van der Waals surface area contributed by atoms with Gasteiger partial charge in [0.25, 0.3) is 0 Å². The summed E-state index contributed by atoms with van der Waals surface area (Å²) in [5.41, 5.74) is 6.88. The number of nitrogens with two attached hydrogens (primary N) is 1. The Morgan fingerprint density at radius 2 is 1.64 bits per heavy atom. The number of nitrogens with zero attached hydrogens (tertiary/aromatic N) is 2. The lowest BCUT2D eigenvalue weighted by molar-refractivity contribution is -0.144. The number of carbonyl (C=O) groups excluding carboxylic acids is 2. The van der Waals surface area contributed by atoms with Gasteiger partial charge in [-0.1, -0.05) is 94.0 Å². The number of methoxy groups -OCH3 is 2. The van der Waals surface area contributed by atoms with Crippen molar-refractivity contribution in [3.8, 4) is 0 Å². The van der Waals surface area contributed by atoms with E-state index in [0.717, 1.165) is 37.0 Å². The number of rotatable bonds is 24. The summed E-state index contributed by atoms with van der Waals surface area (Å²) in [6, 6.07) is -1.46. The fourth-order valence-electron chi connectivity index (χ4n) is 7.29. The average molecular weight is 752 g/mol. The van der Waals surface area contributed by atoms with Gasteiger partial charge in [0, 0.05) is 52.4 Å². The molecule has 0 radical (unpaired) electrons. The van der Waals surface area contributed by atoms with Crippen LogP contribution in [0.5, 0.6) is 0 Å². The lowest BCUT2D eigenvalue weighted by Crippen LogP contribution is -2.54. The Morgan fingerprint density at radius 1 is 1.04 bits per heavy atom. The van der Waals surface area contributed by atoms with Gasteiger partial charge in [0.2, 0.25) is 11.8 Å². The van der Waals surface area contributed by atoms with Gasteiger partial charge in [-0.15, -0.1) is 0 Å². The van der Waals surface area contributed by atoms with E-state index >= 15 is 0 Å². The number of likely N-dealkylation sites (N-methyl/N-ethyl adjacent to an activating group) is 2. The summed E-state index contributed by atoms with van der Waals surface area (Å²) in [5.74, 6) is -1.09. The van der Waals surface area contributed by atoms with Crippen LogP contribution < -0.4 is 16.4 Å². The van der Waals surface area contributed by atoms with Crippen molar-refractivity contribution < 1.29 is 34.1 Å². The molecule has 6 N–H and O–H groups in total. The molecule has 1 rings (SSSR count). The molecule has 10 unspecified atom stereocenters. The van der Waals surface area contributed by atoms with Crippen molar-refractivity contribution in [2.24, 2.45) is 35.3 Å². The van der Waals surface area contributed by atoms with Gasteiger partial charge in [-0.2, -0.15) is 0 Å². The first-order chi connectivity index (χ1) is 24.8. The molecule has 0 spiro atoms. The van der Waals surface area contributed by atoms with Crippen LogP contribution in [0, 0.1) is 29.6 Å². The van der Waals surface area contributed by atoms with Gasteiger partial charge in [-0.3, -0.25) is 14.5 Å². The molecule has 1 fully saturated rings. The number of likely N-dealkylation sites (tertiary alicyclic amines) is 1. The number of aliphatic hydroxyl groups excluding tert-OH is 1. The predicted molar refractivity (Wildman–Crippen MR) is 215 cm³/mol. The van der Waals surface area contributed by atoms with Crippen molar-refractivity contribution in [1.82, 2.24) is 20.4 Å². The zero-order chi connectivity index (χ0) is 41.2. The molecule has 0 aromatic heterocycles. The van der Waals surface area contributed by atoms with Crippen molar-refractivity contribution in [1.29, 1.82) is 0 Å². The summed E-state index contributed by atoms with van der Waals surface area (Å²) in [5, 5.41) is 27.0. The topological polar surface area (TPSA) is 167 Å². The molecule has 1 aliphatic heterocycles. The second-order valence-corrected chi connectivity index (χ2v) is 15.3. The molecule has 1 aliphatic rings. The van der Waals surface area contributed by atoms with Crippen molar-refractivity contribution in [3.05, 3.63) is 36.6 Å². The fraction of sp³-hybridized carbons (Fsp3) is 0.780. The van der Waals surface area contributed by atoms with Crippen LogP contribution >= 0.6 is 0 Å². The highest BCUT2D eigenvalue weighted by Crippen LogP contribution is 2.33. The molecule has 1 heterocycles. The van der Waals surface area contributed by atoms with Crippen LogP contribution in [0.1, 0.15) is 101 Å². The largest absolute Gasteiger partial charge is 0.480 e. The Labute approximate surface area is 322 Å². The van der Waals surface area contributed by atoms with Crippen LogP contribution in [0.4, 0.5) is 0 Å². The quantitative estimate of drug-likeness (QED) is 0.0831. The maximum Gasteiger partial charge on any atom is 0.326 e. The molecule has 0 bridgehead atoms. The number of allylic oxidation sites excluding steroid dienone is 3. The third-order valence-electron chi connectivity index (χ3n) is 11.1. The molecule has 0 aliphatic carbocycles. The van der Waals surface area contributed by atoms with E-state index in [0.29, 0.717) is 30.7 Å². The van der Waals surface area contributed by atoms with Gasteiger partial charge in [-0.25, -0.2) is 4.79 Å². The van der Waals surface area contributed by atoms with Gasteiger partial charge in [0.1, 0.15) is 12.3 Å². The van der Waals surface area contributed by atoms with E-state index in [9.17, 15) is 24.6 Å². The van der Waals surface area contributed by atoms with Crippen molar-refractivity contribution in [2.75, 3.05) is 34.9 Å². The molecule has 0 aromatic rings. The van der Waals surface area contributed by atoms with E-state index in [2.05, 4.69) is 70.4 Å². The van der Waals surface area contributed by atoms with Crippen LogP contribution in [-0.4, -0.2) is 115 Å². The molecule has 12 heteroatoms. The summed E-state index contributed by atoms with van der Waals surface area (Å²) in [6.07, 6.45) is 5.80. The summed E-state index contributed by atoms with van der Waals surface area (Å²) in [6.45, 7) is 27.5. The summed E-state index contributed by atoms with van der Waals surface area (Å²) < 4.78 is 12.0. The molecule has 0 saturated carbocycles. The molecule has 0 aromatic carbocycles. The lowest BCUT2D eigenvalue weighted by atomic mass is 9.87. The number of carboxylic acids is 1. The molecule has 308 valence electrons. The van der Waals surface area contributed by atoms with Crippen LogP contribution in [0.25, 0.3) is 0 Å². The zero-order valence-electron chi connectivity index (χ0n) is 35.4. The average Bonchev–Trinajstić information content (AvgIpc) is 3.59. The van der Waals surface area contributed by atoms with E-state index in [4.69, 9.17) is 15.2 Å². The number of amides is 2. The Hall–Kier alpha value is -2.77. The molecular formula is C41H77N5O7. The van der Waals surface area contributed by atoms with Gasteiger partial charge in [-0.05, 0) is 55.6 Å². The van der Waals surface area contributed by atoms with E-state index in [1.54, 1.807) is 34.3 Å². The zero-order valence-corrected chi connectivity index (χ0v) is 35.4. The van der Waals surface area contributed by atoms with Gasteiger partial charge in [0.15, 0.2) is 0 Å². The van der Waals surface area contributed by atoms with E-state index in [-0.39, 0.29) is 42.5 Å². The SMILES string of the molecule is C=C/C(=C\CC)CC(NC(=O)C(C)C(OC)C1CCCN1C(O)CC(OC)C(C(C)CC)N(C)C(=C)C(C)C(C)C)C(=O)O.CNC(C(N)=O)C(C)C. The van der Waals surface area contributed by atoms with Crippen molar-refractivity contribution >= 4 is 17.8 Å². The maximum atomic E-state index is 13.4. The highest BCUT2D eigenvalue weighted by atomic mass is 16.5.